The molecule has 4 aliphatic carbocycles. The number of carboxylic acids is 1. The molecule has 0 amide bonds. The molecule has 5 fully saturated rings. The molecule has 8 atom stereocenters. The predicted molar refractivity (Wildman–Crippen MR) is 89.8 cm³/mol. The van der Waals surface area contributed by atoms with Crippen LogP contribution in [0.5, 0.6) is 0 Å². The Labute approximate surface area is 152 Å². The van der Waals surface area contributed by atoms with Gasteiger partial charge in [-0.15, -0.1) is 0 Å². The number of carbonyl (C=O) groups is 2. The Morgan fingerprint density at radius 1 is 1.31 bits per heavy atom. The summed E-state index contributed by atoms with van der Waals surface area (Å²) >= 11 is 0. The SMILES string of the molecule is C=C1[C@@H](O)C23C[C@@]1(O)CC[C@H]2[C@]12CCC[C@](C)(C(=O)OC1)[C@H]2[C@@H]3C(=O)O. The summed E-state index contributed by atoms with van der Waals surface area (Å²) in [6, 6.07) is 0. The lowest BCUT2D eigenvalue weighted by molar-refractivity contribution is -0.201. The summed E-state index contributed by atoms with van der Waals surface area (Å²) in [5.74, 6) is -2.59. The molecule has 6 nitrogen and oxygen atoms in total. The van der Waals surface area contributed by atoms with E-state index in [0.29, 0.717) is 24.8 Å². The van der Waals surface area contributed by atoms with Crippen molar-refractivity contribution in [2.24, 2.45) is 34.0 Å². The molecule has 3 N–H and O–H groups in total. The van der Waals surface area contributed by atoms with Gasteiger partial charge in [0.1, 0.15) is 0 Å². The molecule has 6 heteroatoms. The molecule has 26 heavy (non-hydrogen) atoms. The van der Waals surface area contributed by atoms with E-state index in [1.54, 1.807) is 0 Å². The third kappa shape index (κ3) is 1.47. The Balaban J connectivity index is 1.79. The van der Waals surface area contributed by atoms with Gasteiger partial charge in [-0.3, -0.25) is 9.59 Å². The van der Waals surface area contributed by atoms with Gasteiger partial charge in [0.25, 0.3) is 0 Å². The third-order valence-electron chi connectivity index (χ3n) is 8.99. The van der Waals surface area contributed by atoms with E-state index in [-0.39, 0.29) is 30.8 Å². The maximum absolute atomic E-state index is 12.7. The van der Waals surface area contributed by atoms with Crippen molar-refractivity contribution in [2.45, 2.75) is 57.2 Å². The summed E-state index contributed by atoms with van der Waals surface area (Å²) in [5.41, 5.74) is -3.06. The second-order valence-electron chi connectivity index (χ2n) is 9.71. The first-order valence-corrected chi connectivity index (χ1v) is 9.63. The molecule has 1 spiro atoms. The summed E-state index contributed by atoms with van der Waals surface area (Å²) in [7, 11) is 0. The van der Waals surface area contributed by atoms with Crippen LogP contribution in [0.3, 0.4) is 0 Å². The molecule has 1 heterocycles. The van der Waals surface area contributed by atoms with Gasteiger partial charge in [-0.2, -0.15) is 0 Å². The monoisotopic (exact) mass is 362 g/mol. The third-order valence-corrected chi connectivity index (χ3v) is 8.99. The Morgan fingerprint density at radius 2 is 2.04 bits per heavy atom. The van der Waals surface area contributed by atoms with Gasteiger partial charge in [0.15, 0.2) is 0 Å². The topological polar surface area (TPSA) is 104 Å². The van der Waals surface area contributed by atoms with Crippen LogP contribution in [0.4, 0.5) is 0 Å². The summed E-state index contributed by atoms with van der Waals surface area (Å²) in [5, 5.41) is 32.5. The van der Waals surface area contributed by atoms with Crippen molar-refractivity contribution in [3.63, 3.8) is 0 Å². The second kappa shape index (κ2) is 4.53. The molecule has 5 aliphatic rings. The van der Waals surface area contributed by atoms with Crippen LogP contribution in [0.1, 0.15) is 45.4 Å². The number of ether oxygens (including phenoxy) is 1. The predicted octanol–water partition coefficient (Wildman–Crippen LogP) is 1.50. The van der Waals surface area contributed by atoms with Gasteiger partial charge in [-0.05, 0) is 56.4 Å². The molecule has 1 unspecified atom stereocenters. The minimum atomic E-state index is -1.20. The molecule has 0 aromatic rings. The van der Waals surface area contributed by atoms with Gasteiger partial charge in [-0.1, -0.05) is 13.0 Å². The van der Waals surface area contributed by atoms with Gasteiger partial charge < -0.3 is 20.1 Å². The number of rotatable bonds is 1. The largest absolute Gasteiger partial charge is 0.481 e. The van der Waals surface area contributed by atoms with E-state index >= 15 is 0 Å². The van der Waals surface area contributed by atoms with Crippen molar-refractivity contribution in [1.29, 1.82) is 0 Å². The quantitative estimate of drug-likeness (QED) is 0.482. The fourth-order valence-corrected chi connectivity index (χ4v) is 8.19. The first-order chi connectivity index (χ1) is 12.1. The highest BCUT2D eigenvalue weighted by atomic mass is 16.5. The number of esters is 1. The number of hydrogen-bond donors (Lipinski definition) is 3. The molecule has 0 aromatic heterocycles. The summed E-state index contributed by atoms with van der Waals surface area (Å²) in [6.45, 7) is 6.02. The van der Waals surface area contributed by atoms with Gasteiger partial charge in [0.05, 0.1) is 29.6 Å². The average molecular weight is 362 g/mol. The van der Waals surface area contributed by atoms with E-state index in [2.05, 4.69) is 6.58 Å². The molecular weight excluding hydrogens is 336 g/mol. The number of aliphatic hydroxyl groups is 2. The van der Waals surface area contributed by atoms with Crippen LogP contribution in [-0.4, -0.2) is 45.6 Å². The van der Waals surface area contributed by atoms with Crippen LogP contribution in [0.15, 0.2) is 12.2 Å². The van der Waals surface area contributed by atoms with Gasteiger partial charge in [0.2, 0.25) is 0 Å². The van der Waals surface area contributed by atoms with E-state index in [0.717, 1.165) is 12.8 Å². The summed E-state index contributed by atoms with van der Waals surface area (Å²) < 4.78 is 5.62. The van der Waals surface area contributed by atoms with Crippen molar-refractivity contribution >= 4 is 11.9 Å². The fraction of sp³-hybridized carbons (Fsp3) is 0.800. The molecule has 5 rings (SSSR count). The lowest BCUT2D eigenvalue weighted by Crippen LogP contribution is -2.58. The number of carbonyl (C=O) groups excluding carboxylic acids is 1. The first-order valence-electron chi connectivity index (χ1n) is 9.63. The van der Waals surface area contributed by atoms with E-state index in [4.69, 9.17) is 4.74 Å². The highest BCUT2D eigenvalue weighted by molar-refractivity contribution is 5.82. The Morgan fingerprint density at radius 3 is 2.73 bits per heavy atom. The molecule has 1 aliphatic heterocycles. The van der Waals surface area contributed by atoms with Gasteiger partial charge in [0, 0.05) is 10.8 Å². The molecule has 0 radical (unpaired) electrons. The Kier molecular flexibility index (Phi) is 2.92. The molecule has 142 valence electrons. The normalized spacial score (nSPS) is 57.3. The zero-order chi connectivity index (χ0) is 18.7. The minimum absolute atomic E-state index is 0.0802. The smallest absolute Gasteiger partial charge is 0.312 e. The fourth-order valence-electron chi connectivity index (χ4n) is 8.19. The maximum atomic E-state index is 12.7. The molecule has 0 aromatic carbocycles. The van der Waals surface area contributed by atoms with Crippen molar-refractivity contribution in [3.8, 4) is 0 Å². The molecule has 4 saturated carbocycles. The van der Waals surface area contributed by atoms with Crippen molar-refractivity contribution < 1.29 is 29.6 Å². The summed E-state index contributed by atoms with van der Waals surface area (Å²) in [6.07, 6.45) is 2.59. The first kappa shape index (κ1) is 16.8. The number of hydrogen-bond acceptors (Lipinski definition) is 5. The van der Waals surface area contributed by atoms with Crippen LogP contribution in [0, 0.1) is 34.0 Å². The number of carboxylic acid groups (broad SMARTS) is 1. The second-order valence-corrected chi connectivity index (χ2v) is 9.71. The lowest BCUT2D eigenvalue weighted by Gasteiger charge is -2.55. The average Bonchev–Trinajstić information content (AvgIpc) is 2.93. The Bertz CT molecular complexity index is 747. The van der Waals surface area contributed by atoms with Crippen LogP contribution >= 0.6 is 0 Å². The van der Waals surface area contributed by atoms with E-state index in [1.807, 2.05) is 6.92 Å². The van der Waals surface area contributed by atoms with Crippen LogP contribution in [0.2, 0.25) is 0 Å². The lowest BCUT2D eigenvalue weighted by atomic mass is 9.51. The molecule has 1 saturated heterocycles. The number of aliphatic carboxylic acids is 1. The van der Waals surface area contributed by atoms with Gasteiger partial charge in [-0.25, -0.2) is 0 Å². The zero-order valence-corrected chi connectivity index (χ0v) is 15.0. The minimum Gasteiger partial charge on any atom is -0.481 e. The number of aliphatic hydroxyl groups excluding tert-OH is 1. The van der Waals surface area contributed by atoms with E-state index in [1.165, 1.54) is 0 Å². The van der Waals surface area contributed by atoms with Crippen molar-refractivity contribution in [1.82, 2.24) is 0 Å². The Hall–Kier alpha value is -1.40. The van der Waals surface area contributed by atoms with E-state index < -0.39 is 39.8 Å². The van der Waals surface area contributed by atoms with Crippen molar-refractivity contribution in [2.75, 3.05) is 6.61 Å². The highest BCUT2D eigenvalue weighted by Gasteiger charge is 2.82. The molecular formula is C20H26O6. The highest BCUT2D eigenvalue weighted by Crippen LogP contribution is 2.79. The number of cyclic esters (lactones) is 1. The zero-order valence-electron chi connectivity index (χ0n) is 15.0. The maximum Gasteiger partial charge on any atom is 0.312 e. The standard InChI is InChI=1S/C20H26O6/c1-10-14(21)20-8-19(10,25)7-4-11(20)18-6-3-5-17(2,16(24)26-9-18)13(18)12(20)15(22)23/h11-14,21,25H,1,3-9H2,2H3,(H,22,23)/t11-,12+,13+,14+,17-,18-,19-,20?/m0/s1. The van der Waals surface area contributed by atoms with Crippen LogP contribution in [0.25, 0.3) is 0 Å². The van der Waals surface area contributed by atoms with Crippen LogP contribution in [-0.2, 0) is 14.3 Å². The summed E-state index contributed by atoms with van der Waals surface area (Å²) in [4.78, 5) is 25.3. The number of fused-ring (bicyclic) bond motifs is 1. The van der Waals surface area contributed by atoms with E-state index in [9.17, 15) is 24.9 Å². The van der Waals surface area contributed by atoms with Crippen LogP contribution < -0.4 is 0 Å². The molecule has 4 bridgehead atoms. The van der Waals surface area contributed by atoms with Gasteiger partial charge >= 0.3 is 11.9 Å². The van der Waals surface area contributed by atoms with Crippen molar-refractivity contribution in [3.05, 3.63) is 12.2 Å².